The monoisotopic (exact) mass is 349 g/mol. The van der Waals surface area contributed by atoms with Crippen LogP contribution in [0.15, 0.2) is 42.5 Å². The van der Waals surface area contributed by atoms with Crippen molar-refractivity contribution >= 4 is 10.9 Å². The van der Waals surface area contributed by atoms with Crippen LogP contribution in [-0.2, 0) is 6.42 Å². The number of benzene rings is 2. The van der Waals surface area contributed by atoms with Crippen molar-refractivity contribution in [1.29, 1.82) is 0 Å². The number of methoxy groups -OCH3 is 2. The number of fused-ring (bicyclic) bond motifs is 5. The maximum Gasteiger partial charge on any atom is 0.120 e. The Morgan fingerprint density at radius 1 is 0.962 bits per heavy atom. The molecule has 0 spiro atoms. The highest BCUT2D eigenvalue weighted by Gasteiger charge is 2.26. The summed E-state index contributed by atoms with van der Waals surface area (Å²) in [6, 6.07) is 15.7. The number of ether oxygens (including phenoxy) is 2. The van der Waals surface area contributed by atoms with Crippen LogP contribution in [0.4, 0.5) is 0 Å². The van der Waals surface area contributed by atoms with Crippen LogP contribution in [0.2, 0.25) is 0 Å². The van der Waals surface area contributed by atoms with Gasteiger partial charge in [0.1, 0.15) is 11.5 Å². The van der Waals surface area contributed by atoms with Crippen molar-refractivity contribution in [2.75, 3.05) is 14.2 Å². The summed E-state index contributed by atoms with van der Waals surface area (Å²) in [5.41, 5.74) is 5.32. The summed E-state index contributed by atoms with van der Waals surface area (Å²) in [7, 11) is 3.48. The highest BCUT2D eigenvalue weighted by Crippen LogP contribution is 2.42. The van der Waals surface area contributed by atoms with Gasteiger partial charge in [-0.15, -0.1) is 0 Å². The van der Waals surface area contributed by atoms with Crippen molar-refractivity contribution in [2.45, 2.75) is 45.1 Å². The summed E-state index contributed by atoms with van der Waals surface area (Å²) >= 11 is 0. The molecule has 3 nitrogen and oxygen atoms in total. The lowest BCUT2D eigenvalue weighted by molar-refractivity contribution is 0.410. The van der Waals surface area contributed by atoms with E-state index in [0.717, 1.165) is 17.9 Å². The van der Waals surface area contributed by atoms with E-state index in [0.29, 0.717) is 6.04 Å². The number of nitrogens with zero attached hydrogens (tertiary/aromatic N) is 1. The zero-order valence-corrected chi connectivity index (χ0v) is 15.9. The molecule has 3 heteroatoms. The average Bonchev–Trinajstić information content (AvgIpc) is 3.06. The molecule has 1 aliphatic heterocycles. The third-order valence-corrected chi connectivity index (χ3v) is 5.60. The predicted octanol–water partition coefficient (Wildman–Crippen LogP) is 6.00. The minimum atomic E-state index is 0.487. The molecule has 0 amide bonds. The Hall–Kier alpha value is -2.42. The SMILES string of the molecule is CCCCCC1Cc2cc(OC)ccc2-c2cc3ccc(OC)cc3n21. The molecular weight excluding hydrogens is 322 g/mol. The second-order valence-electron chi connectivity index (χ2n) is 7.20. The Bertz CT molecular complexity index is 925. The van der Waals surface area contributed by atoms with Crippen LogP contribution < -0.4 is 9.47 Å². The molecule has 0 fully saturated rings. The molecular formula is C23H27NO2. The molecule has 26 heavy (non-hydrogen) atoms. The Balaban J connectivity index is 1.87. The molecule has 0 saturated heterocycles. The standard InChI is InChI=1S/C23H27NO2/c1-4-5-6-7-18-12-17-13-19(25-2)10-11-21(17)23-14-16-8-9-20(26-3)15-22(16)24(18)23/h8-11,13-15,18H,4-7,12H2,1-3H3. The third kappa shape index (κ3) is 2.86. The lowest BCUT2D eigenvalue weighted by atomic mass is 9.91. The van der Waals surface area contributed by atoms with Gasteiger partial charge in [-0.2, -0.15) is 0 Å². The Morgan fingerprint density at radius 3 is 2.50 bits per heavy atom. The average molecular weight is 349 g/mol. The highest BCUT2D eigenvalue weighted by atomic mass is 16.5. The molecule has 1 atom stereocenters. The molecule has 3 aromatic rings. The van der Waals surface area contributed by atoms with E-state index in [9.17, 15) is 0 Å². The fraction of sp³-hybridized carbons (Fsp3) is 0.391. The van der Waals surface area contributed by atoms with Crippen molar-refractivity contribution in [3.63, 3.8) is 0 Å². The quantitative estimate of drug-likeness (QED) is 0.509. The van der Waals surface area contributed by atoms with Gasteiger partial charge in [0.2, 0.25) is 0 Å². The van der Waals surface area contributed by atoms with E-state index in [-0.39, 0.29) is 0 Å². The molecule has 1 aromatic heterocycles. The highest BCUT2D eigenvalue weighted by molar-refractivity contribution is 5.89. The minimum absolute atomic E-state index is 0.487. The summed E-state index contributed by atoms with van der Waals surface area (Å²) in [5.74, 6) is 1.87. The lowest BCUT2D eigenvalue weighted by Gasteiger charge is -2.29. The van der Waals surface area contributed by atoms with Crippen LogP contribution in [0.1, 0.15) is 44.2 Å². The molecule has 0 saturated carbocycles. The topological polar surface area (TPSA) is 23.4 Å². The molecule has 2 heterocycles. The lowest BCUT2D eigenvalue weighted by Crippen LogP contribution is -2.18. The Labute approximate surface area is 155 Å². The summed E-state index contributed by atoms with van der Waals surface area (Å²) in [6.45, 7) is 2.27. The van der Waals surface area contributed by atoms with Crippen LogP contribution in [-0.4, -0.2) is 18.8 Å². The van der Waals surface area contributed by atoms with E-state index in [4.69, 9.17) is 9.47 Å². The molecule has 0 N–H and O–H groups in total. The van der Waals surface area contributed by atoms with Crippen molar-refractivity contribution in [3.05, 3.63) is 48.0 Å². The molecule has 2 aromatic carbocycles. The first-order chi connectivity index (χ1) is 12.7. The van der Waals surface area contributed by atoms with Crippen molar-refractivity contribution < 1.29 is 9.47 Å². The van der Waals surface area contributed by atoms with Gasteiger partial charge in [-0.1, -0.05) is 26.2 Å². The van der Waals surface area contributed by atoms with Gasteiger partial charge < -0.3 is 14.0 Å². The van der Waals surface area contributed by atoms with Crippen LogP contribution in [0.3, 0.4) is 0 Å². The maximum absolute atomic E-state index is 5.49. The largest absolute Gasteiger partial charge is 0.497 e. The van der Waals surface area contributed by atoms with E-state index < -0.39 is 0 Å². The summed E-state index contributed by atoms with van der Waals surface area (Å²) in [6.07, 6.45) is 6.08. The van der Waals surface area contributed by atoms with Crippen LogP contribution in [0.5, 0.6) is 11.5 Å². The molecule has 0 radical (unpaired) electrons. The second kappa shape index (κ2) is 7.06. The maximum atomic E-state index is 5.49. The second-order valence-corrected chi connectivity index (χ2v) is 7.20. The summed E-state index contributed by atoms with van der Waals surface area (Å²) < 4.78 is 13.5. The molecule has 1 aliphatic rings. The van der Waals surface area contributed by atoms with Crippen molar-refractivity contribution in [3.8, 4) is 22.8 Å². The molecule has 0 aliphatic carbocycles. The number of unbranched alkanes of at least 4 members (excludes halogenated alkanes) is 2. The fourth-order valence-electron chi connectivity index (χ4n) is 4.25. The Kier molecular flexibility index (Phi) is 4.62. The number of rotatable bonds is 6. The van der Waals surface area contributed by atoms with Crippen LogP contribution in [0.25, 0.3) is 22.2 Å². The third-order valence-electron chi connectivity index (χ3n) is 5.60. The van der Waals surface area contributed by atoms with Gasteiger partial charge in [0.05, 0.1) is 19.7 Å². The van der Waals surface area contributed by atoms with Crippen LogP contribution >= 0.6 is 0 Å². The summed E-state index contributed by atoms with van der Waals surface area (Å²) in [4.78, 5) is 0. The smallest absolute Gasteiger partial charge is 0.120 e. The van der Waals surface area contributed by atoms with Gasteiger partial charge in [-0.05, 0) is 54.8 Å². The predicted molar refractivity (Wildman–Crippen MR) is 107 cm³/mol. The number of hydrogen-bond acceptors (Lipinski definition) is 2. The van der Waals surface area contributed by atoms with E-state index in [1.54, 1.807) is 14.2 Å². The van der Waals surface area contributed by atoms with Gasteiger partial charge in [0, 0.05) is 28.8 Å². The Morgan fingerprint density at radius 2 is 1.73 bits per heavy atom. The fourth-order valence-corrected chi connectivity index (χ4v) is 4.25. The van der Waals surface area contributed by atoms with Gasteiger partial charge in [0.15, 0.2) is 0 Å². The van der Waals surface area contributed by atoms with E-state index in [1.165, 1.54) is 53.4 Å². The first kappa shape index (κ1) is 17.0. The van der Waals surface area contributed by atoms with E-state index in [1.807, 2.05) is 0 Å². The summed E-state index contributed by atoms with van der Waals surface area (Å²) in [5, 5.41) is 1.28. The first-order valence-corrected chi connectivity index (χ1v) is 9.61. The van der Waals surface area contributed by atoms with Gasteiger partial charge >= 0.3 is 0 Å². The van der Waals surface area contributed by atoms with E-state index in [2.05, 4.69) is 54.0 Å². The zero-order valence-electron chi connectivity index (χ0n) is 15.9. The number of hydrogen-bond donors (Lipinski definition) is 0. The number of aromatic nitrogens is 1. The van der Waals surface area contributed by atoms with Gasteiger partial charge in [-0.3, -0.25) is 0 Å². The van der Waals surface area contributed by atoms with E-state index >= 15 is 0 Å². The van der Waals surface area contributed by atoms with Crippen molar-refractivity contribution in [1.82, 2.24) is 4.57 Å². The minimum Gasteiger partial charge on any atom is -0.497 e. The molecule has 136 valence electrons. The zero-order chi connectivity index (χ0) is 18.1. The molecule has 4 rings (SSSR count). The normalized spacial score (nSPS) is 15.6. The first-order valence-electron chi connectivity index (χ1n) is 9.61. The van der Waals surface area contributed by atoms with Crippen LogP contribution in [0, 0.1) is 0 Å². The van der Waals surface area contributed by atoms with Gasteiger partial charge in [0.25, 0.3) is 0 Å². The molecule has 1 unspecified atom stereocenters. The van der Waals surface area contributed by atoms with Gasteiger partial charge in [-0.25, -0.2) is 0 Å². The molecule has 0 bridgehead atoms. The van der Waals surface area contributed by atoms with Crippen molar-refractivity contribution in [2.24, 2.45) is 0 Å².